The molecule has 0 bridgehead atoms. The first-order chi connectivity index (χ1) is 7.75. The number of rotatable bonds is 7. The molecule has 0 aromatic carbocycles. The van der Waals surface area contributed by atoms with Crippen LogP contribution in [0.2, 0.25) is 0 Å². The van der Waals surface area contributed by atoms with E-state index in [0.29, 0.717) is 11.6 Å². The predicted octanol–water partition coefficient (Wildman–Crippen LogP) is 2.81. The Bertz CT molecular complexity index is 203. The van der Waals surface area contributed by atoms with Gasteiger partial charge in [0.25, 0.3) is 0 Å². The first kappa shape index (κ1) is 13.7. The van der Waals surface area contributed by atoms with Gasteiger partial charge >= 0.3 is 0 Å². The van der Waals surface area contributed by atoms with E-state index in [4.69, 9.17) is 0 Å². The van der Waals surface area contributed by atoms with Crippen LogP contribution in [-0.4, -0.2) is 36.6 Å². The second-order valence-corrected chi connectivity index (χ2v) is 4.85. The fraction of sp³-hybridized carbons (Fsp3) is 0.857. The molecule has 0 heterocycles. The molecule has 1 saturated carbocycles. The van der Waals surface area contributed by atoms with Crippen LogP contribution in [0.4, 0.5) is 0 Å². The molecule has 0 radical (unpaired) electrons. The summed E-state index contributed by atoms with van der Waals surface area (Å²) in [5.74, 6) is 0. The van der Waals surface area contributed by atoms with Gasteiger partial charge in [0.05, 0.1) is 0 Å². The van der Waals surface area contributed by atoms with Crippen molar-refractivity contribution in [3.8, 4) is 0 Å². The topological polar surface area (TPSA) is 15.3 Å². The van der Waals surface area contributed by atoms with Gasteiger partial charge in [-0.2, -0.15) is 0 Å². The summed E-state index contributed by atoms with van der Waals surface area (Å²) in [4.78, 5) is 2.66. The summed E-state index contributed by atoms with van der Waals surface area (Å²) >= 11 is 0. The molecule has 0 spiro atoms. The van der Waals surface area contributed by atoms with Crippen molar-refractivity contribution >= 4 is 0 Å². The molecule has 1 unspecified atom stereocenters. The van der Waals surface area contributed by atoms with E-state index in [1.54, 1.807) is 0 Å². The standard InChI is InChI=1S/C14H28N2/c1-5-10-13(15-4)14(11-8-9-12-14)16(6-2)7-3/h5,13,15H,1,6-12H2,2-4H3. The monoisotopic (exact) mass is 224 g/mol. The Morgan fingerprint density at radius 1 is 1.31 bits per heavy atom. The van der Waals surface area contributed by atoms with E-state index < -0.39 is 0 Å². The van der Waals surface area contributed by atoms with Gasteiger partial charge in [-0.3, -0.25) is 4.90 Å². The van der Waals surface area contributed by atoms with Crippen LogP contribution in [0.1, 0.15) is 46.0 Å². The lowest BCUT2D eigenvalue weighted by molar-refractivity contribution is 0.0668. The fourth-order valence-corrected chi connectivity index (χ4v) is 3.50. The summed E-state index contributed by atoms with van der Waals surface area (Å²) in [5, 5.41) is 3.52. The number of nitrogens with one attached hydrogen (secondary N) is 1. The number of hydrogen-bond acceptors (Lipinski definition) is 2. The second kappa shape index (κ2) is 6.41. The molecular formula is C14H28N2. The minimum atomic E-state index is 0.381. The maximum Gasteiger partial charge on any atom is 0.0365 e. The molecule has 0 aromatic rings. The Morgan fingerprint density at radius 2 is 1.88 bits per heavy atom. The lowest BCUT2D eigenvalue weighted by Gasteiger charge is -2.46. The molecular weight excluding hydrogens is 196 g/mol. The van der Waals surface area contributed by atoms with Crippen LogP contribution >= 0.6 is 0 Å². The summed E-state index contributed by atoms with van der Waals surface area (Å²) in [7, 11) is 2.09. The van der Waals surface area contributed by atoms with Crippen molar-refractivity contribution in [2.45, 2.75) is 57.5 Å². The van der Waals surface area contributed by atoms with E-state index in [1.165, 1.54) is 25.7 Å². The highest BCUT2D eigenvalue weighted by Gasteiger charge is 2.43. The van der Waals surface area contributed by atoms with Crippen molar-refractivity contribution in [1.29, 1.82) is 0 Å². The minimum absolute atomic E-state index is 0.381. The Hall–Kier alpha value is -0.340. The second-order valence-electron chi connectivity index (χ2n) is 4.85. The molecule has 2 heteroatoms. The molecule has 1 rings (SSSR count). The van der Waals surface area contributed by atoms with Crippen molar-refractivity contribution in [3.05, 3.63) is 12.7 Å². The largest absolute Gasteiger partial charge is 0.315 e. The highest BCUT2D eigenvalue weighted by atomic mass is 15.2. The van der Waals surface area contributed by atoms with E-state index in [-0.39, 0.29) is 0 Å². The van der Waals surface area contributed by atoms with Gasteiger partial charge in [0, 0.05) is 11.6 Å². The van der Waals surface area contributed by atoms with Crippen LogP contribution in [0.3, 0.4) is 0 Å². The molecule has 1 aliphatic rings. The van der Waals surface area contributed by atoms with Gasteiger partial charge < -0.3 is 5.32 Å². The van der Waals surface area contributed by atoms with Gasteiger partial charge in [0.2, 0.25) is 0 Å². The quantitative estimate of drug-likeness (QED) is 0.669. The van der Waals surface area contributed by atoms with Crippen molar-refractivity contribution in [2.75, 3.05) is 20.1 Å². The summed E-state index contributed by atoms with van der Waals surface area (Å²) in [6.45, 7) is 10.8. The number of nitrogens with zero attached hydrogens (tertiary/aromatic N) is 1. The first-order valence-electron chi connectivity index (χ1n) is 6.78. The Labute approximate surface area is 101 Å². The van der Waals surface area contributed by atoms with Crippen molar-refractivity contribution in [2.24, 2.45) is 0 Å². The molecule has 1 aliphatic carbocycles. The third kappa shape index (κ3) is 2.49. The summed E-state index contributed by atoms with van der Waals surface area (Å²) in [5.41, 5.74) is 0.381. The van der Waals surface area contributed by atoms with Gasteiger partial charge in [-0.15, -0.1) is 6.58 Å². The zero-order chi connectivity index (χ0) is 12.0. The molecule has 0 saturated heterocycles. The normalized spacial score (nSPS) is 21.2. The van der Waals surface area contributed by atoms with Crippen LogP contribution in [0.5, 0.6) is 0 Å². The number of hydrogen-bond donors (Lipinski definition) is 1. The molecule has 2 nitrogen and oxygen atoms in total. The SMILES string of the molecule is C=CCC(NC)C1(N(CC)CC)CCCC1. The van der Waals surface area contributed by atoms with Gasteiger partial charge in [0.15, 0.2) is 0 Å². The zero-order valence-electron chi connectivity index (χ0n) is 11.3. The lowest BCUT2D eigenvalue weighted by Crippen LogP contribution is -2.59. The molecule has 0 aromatic heterocycles. The van der Waals surface area contributed by atoms with E-state index in [2.05, 4.69) is 43.8 Å². The summed E-state index contributed by atoms with van der Waals surface area (Å²) < 4.78 is 0. The fourth-order valence-electron chi connectivity index (χ4n) is 3.50. The van der Waals surface area contributed by atoms with Crippen molar-refractivity contribution in [1.82, 2.24) is 10.2 Å². The zero-order valence-corrected chi connectivity index (χ0v) is 11.3. The van der Waals surface area contributed by atoms with Crippen LogP contribution in [-0.2, 0) is 0 Å². The van der Waals surface area contributed by atoms with Crippen LogP contribution in [0, 0.1) is 0 Å². The van der Waals surface area contributed by atoms with Gasteiger partial charge in [-0.05, 0) is 39.4 Å². The Morgan fingerprint density at radius 3 is 2.25 bits per heavy atom. The Kier molecular flexibility index (Phi) is 5.50. The summed E-state index contributed by atoms with van der Waals surface area (Å²) in [6, 6.07) is 0.562. The van der Waals surface area contributed by atoms with E-state index >= 15 is 0 Å². The van der Waals surface area contributed by atoms with E-state index in [0.717, 1.165) is 19.5 Å². The molecule has 0 amide bonds. The average molecular weight is 224 g/mol. The maximum absolute atomic E-state index is 3.90. The van der Waals surface area contributed by atoms with Gasteiger partial charge in [-0.1, -0.05) is 32.8 Å². The molecule has 16 heavy (non-hydrogen) atoms. The lowest BCUT2D eigenvalue weighted by atomic mass is 9.84. The van der Waals surface area contributed by atoms with Crippen LogP contribution < -0.4 is 5.32 Å². The smallest absolute Gasteiger partial charge is 0.0365 e. The molecule has 1 N–H and O–H groups in total. The van der Waals surface area contributed by atoms with E-state index in [9.17, 15) is 0 Å². The third-order valence-electron chi connectivity index (χ3n) is 4.26. The molecule has 94 valence electrons. The van der Waals surface area contributed by atoms with Gasteiger partial charge in [0.1, 0.15) is 0 Å². The predicted molar refractivity (Wildman–Crippen MR) is 71.8 cm³/mol. The third-order valence-corrected chi connectivity index (χ3v) is 4.26. The first-order valence-corrected chi connectivity index (χ1v) is 6.78. The van der Waals surface area contributed by atoms with Crippen LogP contribution in [0.25, 0.3) is 0 Å². The number of likely N-dealkylation sites (N-methyl/N-ethyl adjacent to an activating group) is 2. The van der Waals surface area contributed by atoms with Crippen molar-refractivity contribution < 1.29 is 0 Å². The Balaban J connectivity index is 2.88. The van der Waals surface area contributed by atoms with E-state index in [1.807, 2.05) is 0 Å². The average Bonchev–Trinajstić information content (AvgIpc) is 2.78. The molecule has 1 fully saturated rings. The minimum Gasteiger partial charge on any atom is -0.315 e. The van der Waals surface area contributed by atoms with Crippen molar-refractivity contribution in [3.63, 3.8) is 0 Å². The maximum atomic E-state index is 3.90. The highest BCUT2D eigenvalue weighted by Crippen LogP contribution is 2.39. The highest BCUT2D eigenvalue weighted by molar-refractivity contribution is 5.04. The molecule has 1 atom stereocenters. The van der Waals surface area contributed by atoms with Gasteiger partial charge in [-0.25, -0.2) is 0 Å². The van der Waals surface area contributed by atoms with Crippen LogP contribution in [0.15, 0.2) is 12.7 Å². The molecule has 0 aliphatic heterocycles. The summed E-state index contributed by atoms with van der Waals surface area (Å²) in [6.07, 6.45) is 8.58.